The van der Waals surface area contributed by atoms with E-state index in [-0.39, 0.29) is 49.9 Å². The van der Waals surface area contributed by atoms with Gasteiger partial charge in [-0.15, -0.1) is 0 Å². The molecule has 0 aliphatic heterocycles. The minimum Gasteiger partial charge on any atom is -0.412 e. The van der Waals surface area contributed by atoms with Crippen LogP contribution in [-0.4, -0.2) is 50.4 Å². The molecule has 0 fully saturated rings. The van der Waals surface area contributed by atoms with E-state index in [0.717, 1.165) is 0 Å². The van der Waals surface area contributed by atoms with Crippen molar-refractivity contribution in [1.29, 1.82) is 0 Å². The van der Waals surface area contributed by atoms with Crippen molar-refractivity contribution in [2.24, 2.45) is 0 Å². The van der Waals surface area contributed by atoms with Crippen molar-refractivity contribution >= 4 is 10.4 Å². The summed E-state index contributed by atoms with van der Waals surface area (Å²) in [6.07, 6.45) is 0. The van der Waals surface area contributed by atoms with Gasteiger partial charge in [-0.2, -0.15) is 8.42 Å². The van der Waals surface area contributed by atoms with Crippen molar-refractivity contribution in [3.63, 3.8) is 0 Å². The third kappa shape index (κ3) is 38000. The minimum atomic E-state index is -4.67. The molecule has 0 aromatic carbocycles. The van der Waals surface area contributed by atoms with Gasteiger partial charge in [0, 0.05) is 17.1 Å². The summed E-state index contributed by atoms with van der Waals surface area (Å²) in [5, 5.41) is 0. The van der Waals surface area contributed by atoms with E-state index in [1.807, 2.05) is 0 Å². The molecule has 14 N–H and O–H groups in total. The van der Waals surface area contributed by atoms with Crippen LogP contribution in [0, 0.1) is 0 Å². The van der Waals surface area contributed by atoms with Crippen molar-refractivity contribution in [1.82, 2.24) is 0 Å². The van der Waals surface area contributed by atoms with E-state index in [9.17, 15) is 0 Å². The van der Waals surface area contributed by atoms with Gasteiger partial charge in [-0.3, -0.25) is 9.11 Å². The topological polar surface area (TPSA) is 264 Å². The fourth-order valence-corrected chi connectivity index (χ4v) is 0. The molecule has 1 radical (unpaired) electrons. The zero-order valence-electron chi connectivity index (χ0n) is 5.42. The Morgan fingerprint density at radius 2 is 0.667 bits per heavy atom. The van der Waals surface area contributed by atoms with Crippen LogP contribution in [0.2, 0.25) is 0 Å². The predicted molar refractivity (Wildman–Crippen MR) is 35.9 cm³/mol. The summed E-state index contributed by atoms with van der Waals surface area (Å²) in [5.41, 5.74) is 0. The molecule has 0 bridgehead atoms. The first-order valence-corrected chi connectivity index (χ1v) is 2.10. The van der Waals surface area contributed by atoms with Crippen LogP contribution in [0.25, 0.3) is 0 Å². The van der Waals surface area contributed by atoms with Crippen molar-refractivity contribution in [3.8, 4) is 0 Å². The van der Waals surface area contributed by atoms with E-state index >= 15 is 0 Å². The first-order valence-electron chi connectivity index (χ1n) is 0.698. The van der Waals surface area contributed by atoms with Gasteiger partial charge >= 0.3 is 10.4 Å². The fraction of sp³-hybridized carbons (Fsp3) is 0. The molecule has 0 aromatic heterocycles. The summed E-state index contributed by atoms with van der Waals surface area (Å²) in [6, 6.07) is 0. The summed E-state index contributed by atoms with van der Waals surface area (Å²) < 4.78 is 31.6. The van der Waals surface area contributed by atoms with E-state index in [4.69, 9.17) is 17.5 Å². The van der Waals surface area contributed by atoms with Crippen LogP contribution in [0.3, 0.4) is 0 Å². The molecular weight excluding hydrogens is 256 g/mol. The summed E-state index contributed by atoms with van der Waals surface area (Å²) in [4.78, 5) is 0. The molecule has 91 valence electrons. The van der Waals surface area contributed by atoms with E-state index in [1.54, 1.807) is 0 Å². The Labute approximate surface area is 78.5 Å². The predicted octanol–water partition coefficient (Wildman–Crippen LogP) is -5.60. The van der Waals surface area contributed by atoms with E-state index < -0.39 is 10.4 Å². The van der Waals surface area contributed by atoms with Gasteiger partial charge in [-0.1, -0.05) is 0 Å². The first kappa shape index (κ1) is 87.7. The third-order valence-electron chi connectivity index (χ3n) is 0. The van der Waals surface area contributed by atoms with Crippen molar-refractivity contribution in [2.75, 3.05) is 0 Å². The third-order valence-corrected chi connectivity index (χ3v) is 0. The molecule has 12 heteroatoms. The van der Waals surface area contributed by atoms with Crippen LogP contribution in [0.15, 0.2) is 0 Å². The summed E-state index contributed by atoms with van der Waals surface area (Å²) in [6.45, 7) is 0. The van der Waals surface area contributed by atoms with Crippen LogP contribution in [0.5, 0.6) is 0 Å². The largest absolute Gasteiger partial charge is 0.412 e. The fourth-order valence-electron chi connectivity index (χ4n) is 0. The van der Waals surface area contributed by atoms with Crippen LogP contribution >= 0.6 is 0 Å². The molecule has 0 spiro atoms. The Balaban J connectivity index is -0.00000000381. The molecule has 0 amide bonds. The molecule has 0 saturated heterocycles. The second kappa shape index (κ2) is 30.4. The van der Waals surface area contributed by atoms with Crippen molar-refractivity contribution < 1.29 is 67.4 Å². The van der Waals surface area contributed by atoms with Gasteiger partial charge in [-0.05, 0) is 0 Å². The Kier molecular flexibility index (Phi) is 222. The Bertz CT molecular complexity index is 93.0. The number of rotatable bonds is 0. The molecular formula is H14CuO10S. The maximum Gasteiger partial charge on any atom is 0.394 e. The maximum atomic E-state index is 8.74. The van der Waals surface area contributed by atoms with Gasteiger partial charge in [0.05, 0.1) is 0 Å². The van der Waals surface area contributed by atoms with Gasteiger partial charge in [-0.25, -0.2) is 0 Å². The summed E-state index contributed by atoms with van der Waals surface area (Å²) in [5.74, 6) is 0. The SMILES string of the molecule is O.O.O.O.O.O.O=S(=O)(O)O.[Cu]. The molecule has 12 heavy (non-hydrogen) atoms. The molecule has 0 aromatic rings. The molecule has 0 aliphatic carbocycles. The summed E-state index contributed by atoms with van der Waals surface area (Å²) in [7, 11) is -4.67. The molecule has 10 nitrogen and oxygen atoms in total. The maximum absolute atomic E-state index is 8.74. The Morgan fingerprint density at radius 3 is 0.667 bits per heavy atom. The second-order valence-electron chi connectivity index (χ2n) is 0.448. The molecule has 0 rings (SSSR count). The summed E-state index contributed by atoms with van der Waals surface area (Å²) >= 11 is 0. The molecule has 0 atom stereocenters. The van der Waals surface area contributed by atoms with Gasteiger partial charge in [0.2, 0.25) is 0 Å². The molecule has 0 saturated carbocycles. The molecule has 0 aliphatic rings. The standard InChI is InChI=1S/Cu.H2O4S.6H2O/c;1-5(2,3)4;;;;;;/h;(H2,1,2,3,4);6*1H2. The zero-order valence-corrected chi connectivity index (χ0v) is 7.18. The molecule has 0 unspecified atom stereocenters. The van der Waals surface area contributed by atoms with Gasteiger partial charge in [0.15, 0.2) is 0 Å². The average Bonchev–Trinajstić information content (AvgIpc) is 0.722. The van der Waals surface area contributed by atoms with Gasteiger partial charge in [0.25, 0.3) is 0 Å². The van der Waals surface area contributed by atoms with Crippen LogP contribution in [0.4, 0.5) is 0 Å². The Morgan fingerprint density at radius 1 is 0.667 bits per heavy atom. The number of hydrogen-bond donors (Lipinski definition) is 2. The number of hydrogen-bond acceptors (Lipinski definition) is 2. The second-order valence-corrected chi connectivity index (χ2v) is 1.34. The first-order chi connectivity index (χ1) is 2.00. The van der Waals surface area contributed by atoms with Crippen molar-refractivity contribution in [2.45, 2.75) is 0 Å². The average molecular weight is 270 g/mol. The zero-order chi connectivity index (χ0) is 4.50. The van der Waals surface area contributed by atoms with E-state index in [0.29, 0.717) is 0 Å². The minimum absolute atomic E-state index is 0. The van der Waals surface area contributed by atoms with Crippen LogP contribution in [0.1, 0.15) is 0 Å². The van der Waals surface area contributed by atoms with E-state index in [1.165, 1.54) is 0 Å². The molecule has 0 heterocycles. The smallest absolute Gasteiger partial charge is 0.394 e. The van der Waals surface area contributed by atoms with Gasteiger partial charge in [0.1, 0.15) is 0 Å². The monoisotopic (exact) mass is 269 g/mol. The van der Waals surface area contributed by atoms with Crippen LogP contribution in [-0.2, 0) is 27.5 Å². The van der Waals surface area contributed by atoms with Crippen LogP contribution < -0.4 is 0 Å². The quantitative estimate of drug-likeness (QED) is 0.321. The van der Waals surface area contributed by atoms with E-state index in [2.05, 4.69) is 0 Å². The normalized spacial score (nSPS) is 4.83. The van der Waals surface area contributed by atoms with Crippen molar-refractivity contribution in [3.05, 3.63) is 0 Å². The van der Waals surface area contributed by atoms with Gasteiger partial charge < -0.3 is 32.9 Å². The Hall–Kier alpha value is 0.149.